The first kappa shape index (κ1) is 91.4. The molecule has 1 amide bonds. The molecule has 0 aromatic rings. The number of nitrogens with one attached hydrogen (secondary N) is 1. The second-order valence-corrected chi connectivity index (χ2v) is 27.4. The maximum absolute atomic E-state index is 13.5. The summed E-state index contributed by atoms with van der Waals surface area (Å²) in [6.45, 7) is 1.62. The number of carbonyl (C=O) groups is 1. The first-order chi connectivity index (χ1) is 49.3. The lowest BCUT2D eigenvalue weighted by atomic mass is 9.96. The number of aliphatic hydroxyl groups is 11. The highest BCUT2D eigenvalue weighted by atomic mass is 16.8. The van der Waals surface area contributed by atoms with Gasteiger partial charge in [-0.1, -0.05) is 283 Å². The highest BCUT2D eigenvalue weighted by Crippen LogP contribution is 2.33. The Balaban J connectivity index is 1.37. The molecule has 0 aliphatic carbocycles. The molecule has 17 unspecified atom stereocenters. The van der Waals surface area contributed by atoms with Crippen LogP contribution in [0, 0.1) is 0 Å². The van der Waals surface area contributed by atoms with Crippen molar-refractivity contribution >= 4 is 5.91 Å². The fraction of sp³-hybridized carbons (Fsp3) is 0.744. The van der Waals surface area contributed by atoms with Gasteiger partial charge in [-0.05, 0) is 89.9 Å². The molecule has 19 nitrogen and oxygen atoms in total. The van der Waals surface area contributed by atoms with Crippen LogP contribution >= 0.6 is 0 Å². The van der Waals surface area contributed by atoms with Gasteiger partial charge in [-0.15, -0.1) is 0 Å². The molecule has 3 fully saturated rings. The van der Waals surface area contributed by atoms with Gasteiger partial charge in [0, 0.05) is 6.42 Å². The molecule has 12 N–H and O–H groups in total. The van der Waals surface area contributed by atoms with E-state index in [1.807, 2.05) is 6.08 Å². The molecular weight excluding hydrogens is 1290 g/mol. The number of aliphatic hydroxyl groups excluding tert-OH is 11. The fourth-order valence-electron chi connectivity index (χ4n) is 12.5. The summed E-state index contributed by atoms with van der Waals surface area (Å²) in [5.74, 6) is -0.285. The Morgan fingerprint density at radius 2 is 0.683 bits per heavy atom. The predicted octanol–water partition coefficient (Wildman–Crippen LogP) is 12.7. The molecule has 19 heteroatoms. The zero-order valence-corrected chi connectivity index (χ0v) is 61.8. The SMILES string of the molecule is CC/C=C\C/C=C\C/C=C\C/C=C\C/C=C\C/C=C\C/C=C\C/C=C\C/C=C\CCCCCCCCCCCC(=O)NC(COC1OC(CO)C(OC2OC(CO)C(OC3OC(CO)C(O)C(O)C3O)C(O)C2O)C(O)C1O)C(O)/C=C/CCCCCCCCCCCCCCCCCCC. The summed E-state index contributed by atoms with van der Waals surface area (Å²) in [7, 11) is 0. The van der Waals surface area contributed by atoms with Crippen LogP contribution in [0.15, 0.2) is 122 Å². The van der Waals surface area contributed by atoms with E-state index in [4.69, 9.17) is 28.4 Å². The number of hydrogen-bond acceptors (Lipinski definition) is 18. The minimum Gasteiger partial charge on any atom is -0.394 e. The van der Waals surface area contributed by atoms with Crippen LogP contribution in [0.4, 0.5) is 0 Å². The Morgan fingerprint density at radius 1 is 0.366 bits per heavy atom. The van der Waals surface area contributed by atoms with E-state index in [9.17, 15) is 61.0 Å². The second-order valence-electron chi connectivity index (χ2n) is 27.4. The average Bonchev–Trinajstić information content (AvgIpc) is 0.789. The molecule has 17 atom stereocenters. The lowest BCUT2D eigenvalue weighted by molar-refractivity contribution is -0.379. The predicted molar refractivity (Wildman–Crippen MR) is 401 cm³/mol. The molecule has 0 spiro atoms. The molecule has 0 aromatic heterocycles. The van der Waals surface area contributed by atoms with Gasteiger partial charge >= 0.3 is 0 Å². The highest BCUT2D eigenvalue weighted by molar-refractivity contribution is 5.76. The van der Waals surface area contributed by atoms with E-state index in [0.29, 0.717) is 6.42 Å². The monoisotopic (exact) mass is 1430 g/mol. The fourth-order valence-corrected chi connectivity index (χ4v) is 12.5. The molecule has 3 heterocycles. The van der Waals surface area contributed by atoms with Crippen LogP contribution in [0.2, 0.25) is 0 Å². The summed E-state index contributed by atoms with van der Waals surface area (Å²) in [5.41, 5.74) is 0. The third-order valence-electron chi connectivity index (χ3n) is 18.8. The first-order valence-electron chi connectivity index (χ1n) is 39.3. The Hall–Kier alpha value is -3.81. The summed E-state index contributed by atoms with van der Waals surface area (Å²) >= 11 is 0. The van der Waals surface area contributed by atoms with Crippen LogP contribution < -0.4 is 5.32 Å². The van der Waals surface area contributed by atoms with Gasteiger partial charge in [0.1, 0.15) is 73.2 Å². The van der Waals surface area contributed by atoms with E-state index in [1.165, 1.54) is 116 Å². The molecule has 3 saturated heterocycles. The van der Waals surface area contributed by atoms with Crippen molar-refractivity contribution in [1.82, 2.24) is 5.32 Å². The number of unbranched alkanes of at least 4 members (excludes halogenated alkanes) is 26. The standard InChI is InChI=1S/C82H139NO18/c1-3-5-7-9-11-13-15-17-19-21-23-24-25-26-27-28-29-30-31-32-33-34-35-36-37-38-39-40-42-44-46-48-50-52-54-56-58-60-70(88)83-65(66(87)59-57-55-53-51-49-47-45-43-41-22-20-18-16-14-12-10-8-6-4-2)64-96-80-76(94)73(91)78(68(62-85)98-80)101-82-77(95)74(92)79(69(63-86)99-82)100-81-75(93)72(90)71(89)67(61-84)97-81/h5,7,11,13,17,19,23-24,26-27,29-30,32-33,35-36,38-39,57,59,65-69,71-82,84-87,89-95H,3-4,6,8-10,12,14-16,18,20-22,25,28,31,34,37,40-56,58,60-64H2,1-2H3,(H,83,88)/b7-5-,13-11-,19-17-,24-23-,27-26-,30-29-,33-32-,36-35-,39-38-,59-57+. The van der Waals surface area contributed by atoms with E-state index >= 15 is 0 Å². The van der Waals surface area contributed by atoms with E-state index < -0.39 is 124 Å². The van der Waals surface area contributed by atoms with Crippen molar-refractivity contribution < 1.29 is 89.4 Å². The topological polar surface area (TPSA) is 307 Å². The lowest BCUT2D eigenvalue weighted by Gasteiger charge is -2.48. The molecule has 0 bridgehead atoms. The Labute approximate surface area is 608 Å². The van der Waals surface area contributed by atoms with Crippen molar-refractivity contribution in [3.05, 3.63) is 122 Å². The molecule has 3 aliphatic heterocycles. The van der Waals surface area contributed by atoms with Crippen LogP contribution in [0.5, 0.6) is 0 Å². The maximum atomic E-state index is 13.5. The number of carbonyl (C=O) groups excluding carboxylic acids is 1. The lowest BCUT2D eigenvalue weighted by Crippen LogP contribution is -2.66. The average molecular weight is 1430 g/mol. The molecule has 0 saturated carbocycles. The second kappa shape index (κ2) is 61.4. The maximum Gasteiger partial charge on any atom is 0.220 e. The van der Waals surface area contributed by atoms with Gasteiger partial charge in [0.2, 0.25) is 5.91 Å². The molecular formula is C82H139NO18. The third kappa shape index (κ3) is 41.6. The van der Waals surface area contributed by atoms with Crippen molar-refractivity contribution in [2.45, 2.75) is 362 Å². The molecule has 0 radical (unpaired) electrons. The summed E-state index contributed by atoms with van der Waals surface area (Å²) in [6.07, 6.45) is 58.8. The number of hydrogen-bond donors (Lipinski definition) is 12. The van der Waals surface area contributed by atoms with E-state index in [-0.39, 0.29) is 18.9 Å². The van der Waals surface area contributed by atoms with Gasteiger partial charge in [-0.3, -0.25) is 4.79 Å². The van der Waals surface area contributed by atoms with Crippen molar-refractivity contribution in [3.8, 4) is 0 Å². The Bertz CT molecular complexity index is 2300. The summed E-state index contributed by atoms with van der Waals surface area (Å²) in [5, 5.41) is 121. The molecule has 580 valence electrons. The van der Waals surface area contributed by atoms with E-state index in [2.05, 4.69) is 129 Å². The minimum absolute atomic E-state index is 0.229. The van der Waals surface area contributed by atoms with Gasteiger partial charge < -0.3 is 89.9 Å². The minimum atomic E-state index is -1.98. The van der Waals surface area contributed by atoms with Gasteiger partial charge in [-0.2, -0.15) is 0 Å². The van der Waals surface area contributed by atoms with Crippen molar-refractivity contribution in [3.63, 3.8) is 0 Å². The molecule has 101 heavy (non-hydrogen) atoms. The van der Waals surface area contributed by atoms with E-state index in [0.717, 1.165) is 116 Å². The van der Waals surface area contributed by atoms with Crippen LogP contribution in [0.25, 0.3) is 0 Å². The summed E-state index contributed by atoms with van der Waals surface area (Å²) in [4.78, 5) is 13.5. The zero-order chi connectivity index (χ0) is 73.2. The van der Waals surface area contributed by atoms with Crippen LogP contribution in [0.3, 0.4) is 0 Å². The summed E-state index contributed by atoms with van der Waals surface area (Å²) in [6, 6.07) is -0.986. The molecule has 3 rings (SSSR count). The Morgan fingerprint density at radius 3 is 1.07 bits per heavy atom. The number of amides is 1. The van der Waals surface area contributed by atoms with E-state index in [1.54, 1.807) is 6.08 Å². The van der Waals surface area contributed by atoms with Gasteiger partial charge in [0.25, 0.3) is 0 Å². The highest BCUT2D eigenvalue weighted by Gasteiger charge is 2.53. The zero-order valence-electron chi connectivity index (χ0n) is 61.8. The van der Waals surface area contributed by atoms with Crippen LogP contribution in [0.1, 0.15) is 258 Å². The van der Waals surface area contributed by atoms with Crippen molar-refractivity contribution in [1.29, 1.82) is 0 Å². The number of ether oxygens (including phenoxy) is 6. The first-order valence-corrected chi connectivity index (χ1v) is 39.3. The Kier molecular flexibility index (Phi) is 55.5. The van der Waals surface area contributed by atoms with Crippen molar-refractivity contribution in [2.24, 2.45) is 0 Å². The quantitative estimate of drug-likeness (QED) is 0.0199. The summed E-state index contributed by atoms with van der Waals surface area (Å²) < 4.78 is 34.4. The third-order valence-corrected chi connectivity index (χ3v) is 18.8. The van der Waals surface area contributed by atoms with Gasteiger partial charge in [-0.25, -0.2) is 0 Å². The number of allylic oxidation sites excluding steroid dienone is 19. The van der Waals surface area contributed by atoms with Gasteiger partial charge in [0.15, 0.2) is 18.9 Å². The number of rotatable bonds is 60. The smallest absolute Gasteiger partial charge is 0.220 e. The van der Waals surface area contributed by atoms with Crippen LogP contribution in [-0.2, 0) is 33.2 Å². The molecule has 3 aliphatic rings. The molecule has 0 aromatic carbocycles. The largest absolute Gasteiger partial charge is 0.394 e. The van der Waals surface area contributed by atoms with Gasteiger partial charge in [0.05, 0.1) is 38.6 Å². The normalized spacial score (nSPS) is 27.0. The van der Waals surface area contributed by atoms with Crippen molar-refractivity contribution in [2.75, 3.05) is 26.4 Å². The van der Waals surface area contributed by atoms with Crippen LogP contribution in [-0.4, -0.2) is 193 Å².